The molecule has 0 aromatic heterocycles. The van der Waals surface area contributed by atoms with Crippen LogP contribution in [0.25, 0.3) is 0 Å². The van der Waals surface area contributed by atoms with Gasteiger partial charge >= 0.3 is 0 Å². The van der Waals surface area contributed by atoms with E-state index in [2.05, 4.69) is 38.1 Å². The van der Waals surface area contributed by atoms with E-state index in [0.717, 1.165) is 12.7 Å². The molecule has 0 N–H and O–H groups in total. The van der Waals surface area contributed by atoms with E-state index in [1.165, 1.54) is 12.0 Å². The van der Waals surface area contributed by atoms with Gasteiger partial charge in [0.2, 0.25) is 0 Å². The Balaban J connectivity index is 2.06. The molecule has 1 aliphatic carbocycles. The molecule has 0 radical (unpaired) electrons. The Morgan fingerprint density at radius 2 is 2.13 bits per heavy atom. The molecule has 1 nitrogen and oxygen atoms in total. The maximum atomic E-state index is 10.6. The number of aldehydes is 1. The first-order valence-electron chi connectivity index (χ1n) is 5.66. The molecule has 3 atom stereocenters. The van der Waals surface area contributed by atoms with Crippen LogP contribution in [0.15, 0.2) is 30.3 Å². The molecular weight excluding hydrogens is 184 g/mol. The second-order valence-corrected chi connectivity index (χ2v) is 5.03. The molecule has 2 rings (SSSR count). The third-order valence-corrected chi connectivity index (χ3v) is 3.90. The second kappa shape index (κ2) is 3.80. The number of rotatable bonds is 4. The van der Waals surface area contributed by atoms with Crippen molar-refractivity contribution in [2.24, 2.45) is 11.3 Å². The molecule has 1 heteroatoms. The van der Waals surface area contributed by atoms with Gasteiger partial charge in [-0.3, -0.25) is 0 Å². The SMILES string of the molecule is CC(c1ccccc1)[C@@H]1C[C@@]1(C)CC=O. The molecule has 15 heavy (non-hydrogen) atoms. The van der Waals surface area contributed by atoms with Gasteiger partial charge in [-0.2, -0.15) is 0 Å². The molecule has 0 amide bonds. The van der Waals surface area contributed by atoms with E-state index in [1.807, 2.05) is 6.07 Å². The zero-order valence-corrected chi connectivity index (χ0v) is 9.44. The van der Waals surface area contributed by atoms with Gasteiger partial charge in [0.1, 0.15) is 6.29 Å². The van der Waals surface area contributed by atoms with E-state index in [0.29, 0.717) is 11.8 Å². The van der Waals surface area contributed by atoms with Crippen LogP contribution in [0.3, 0.4) is 0 Å². The van der Waals surface area contributed by atoms with Crippen molar-refractivity contribution in [1.29, 1.82) is 0 Å². The van der Waals surface area contributed by atoms with Crippen LogP contribution in [0.1, 0.15) is 38.2 Å². The van der Waals surface area contributed by atoms with Gasteiger partial charge in [0.05, 0.1) is 0 Å². The lowest BCUT2D eigenvalue weighted by Crippen LogP contribution is -2.05. The predicted octanol–water partition coefficient (Wildman–Crippen LogP) is 3.41. The molecule has 1 aromatic carbocycles. The summed E-state index contributed by atoms with van der Waals surface area (Å²) >= 11 is 0. The Bertz CT molecular complexity index is 344. The first-order valence-corrected chi connectivity index (χ1v) is 5.66. The number of benzene rings is 1. The van der Waals surface area contributed by atoms with Crippen LogP contribution in [0.2, 0.25) is 0 Å². The van der Waals surface area contributed by atoms with Crippen molar-refractivity contribution < 1.29 is 4.79 Å². The number of carbonyl (C=O) groups excluding carboxylic acids is 1. The van der Waals surface area contributed by atoms with Crippen molar-refractivity contribution in [3.8, 4) is 0 Å². The summed E-state index contributed by atoms with van der Waals surface area (Å²) in [6.07, 6.45) is 2.98. The Kier molecular flexibility index (Phi) is 2.64. The van der Waals surface area contributed by atoms with Gasteiger partial charge in [-0.25, -0.2) is 0 Å². The molecule has 0 spiro atoms. The minimum atomic E-state index is 0.275. The van der Waals surface area contributed by atoms with Gasteiger partial charge in [-0.05, 0) is 29.2 Å². The predicted molar refractivity (Wildman–Crippen MR) is 61.8 cm³/mol. The highest BCUT2D eigenvalue weighted by molar-refractivity contribution is 5.52. The van der Waals surface area contributed by atoms with Crippen LogP contribution in [0, 0.1) is 11.3 Å². The molecule has 1 aliphatic rings. The van der Waals surface area contributed by atoms with E-state index in [4.69, 9.17) is 0 Å². The summed E-state index contributed by atoms with van der Waals surface area (Å²) in [5.74, 6) is 1.27. The normalized spacial score (nSPS) is 30.9. The third-order valence-electron chi connectivity index (χ3n) is 3.90. The number of hydrogen-bond acceptors (Lipinski definition) is 1. The summed E-state index contributed by atoms with van der Waals surface area (Å²) in [6, 6.07) is 10.6. The third kappa shape index (κ3) is 1.97. The Labute approximate surface area is 91.5 Å². The van der Waals surface area contributed by atoms with Gasteiger partial charge in [0.25, 0.3) is 0 Å². The quantitative estimate of drug-likeness (QED) is 0.684. The molecule has 1 saturated carbocycles. The molecule has 80 valence electrons. The van der Waals surface area contributed by atoms with Crippen molar-refractivity contribution in [1.82, 2.24) is 0 Å². The Morgan fingerprint density at radius 3 is 2.73 bits per heavy atom. The fraction of sp³-hybridized carbons (Fsp3) is 0.500. The van der Waals surface area contributed by atoms with Gasteiger partial charge in [-0.15, -0.1) is 0 Å². The molecule has 1 aromatic rings. The molecule has 1 unspecified atom stereocenters. The zero-order chi connectivity index (χ0) is 10.9. The first kappa shape index (κ1) is 10.4. The van der Waals surface area contributed by atoms with Crippen LogP contribution < -0.4 is 0 Å². The second-order valence-electron chi connectivity index (χ2n) is 5.03. The summed E-state index contributed by atoms with van der Waals surface area (Å²) in [6.45, 7) is 4.50. The zero-order valence-electron chi connectivity index (χ0n) is 9.44. The van der Waals surface area contributed by atoms with E-state index >= 15 is 0 Å². The van der Waals surface area contributed by atoms with Gasteiger partial charge < -0.3 is 4.79 Å². The monoisotopic (exact) mass is 202 g/mol. The fourth-order valence-corrected chi connectivity index (χ4v) is 2.64. The number of hydrogen-bond donors (Lipinski definition) is 0. The molecule has 0 aliphatic heterocycles. The van der Waals surface area contributed by atoms with Crippen LogP contribution in [0.4, 0.5) is 0 Å². The van der Waals surface area contributed by atoms with Crippen LogP contribution in [0.5, 0.6) is 0 Å². The lowest BCUT2D eigenvalue weighted by atomic mass is 9.90. The summed E-state index contributed by atoms with van der Waals surface area (Å²) in [5, 5.41) is 0. The molecule has 1 fully saturated rings. The summed E-state index contributed by atoms with van der Waals surface area (Å²) < 4.78 is 0. The summed E-state index contributed by atoms with van der Waals surface area (Å²) in [7, 11) is 0. The van der Waals surface area contributed by atoms with E-state index < -0.39 is 0 Å². The van der Waals surface area contributed by atoms with E-state index in [-0.39, 0.29) is 5.41 Å². The summed E-state index contributed by atoms with van der Waals surface area (Å²) in [4.78, 5) is 10.6. The van der Waals surface area contributed by atoms with Gasteiger partial charge in [-0.1, -0.05) is 44.2 Å². The van der Waals surface area contributed by atoms with Crippen molar-refractivity contribution in [3.05, 3.63) is 35.9 Å². The molecule has 0 heterocycles. The minimum Gasteiger partial charge on any atom is -0.303 e. The minimum absolute atomic E-state index is 0.275. The van der Waals surface area contributed by atoms with Crippen molar-refractivity contribution in [3.63, 3.8) is 0 Å². The van der Waals surface area contributed by atoms with Crippen molar-refractivity contribution in [2.45, 2.75) is 32.6 Å². The van der Waals surface area contributed by atoms with Crippen LogP contribution >= 0.6 is 0 Å². The highest BCUT2D eigenvalue weighted by Crippen LogP contribution is 2.60. The maximum absolute atomic E-state index is 10.6. The Morgan fingerprint density at radius 1 is 1.47 bits per heavy atom. The lowest BCUT2D eigenvalue weighted by Gasteiger charge is -2.14. The molecule has 0 saturated heterocycles. The molecular formula is C14H18O. The van der Waals surface area contributed by atoms with E-state index in [1.54, 1.807) is 0 Å². The highest BCUT2D eigenvalue weighted by atomic mass is 16.1. The highest BCUT2D eigenvalue weighted by Gasteiger charge is 2.51. The van der Waals surface area contributed by atoms with Crippen molar-refractivity contribution in [2.75, 3.05) is 0 Å². The molecule has 0 bridgehead atoms. The van der Waals surface area contributed by atoms with Gasteiger partial charge in [0, 0.05) is 6.42 Å². The van der Waals surface area contributed by atoms with Crippen LogP contribution in [-0.4, -0.2) is 6.29 Å². The average molecular weight is 202 g/mol. The number of carbonyl (C=O) groups is 1. The lowest BCUT2D eigenvalue weighted by molar-refractivity contribution is -0.108. The van der Waals surface area contributed by atoms with Crippen LogP contribution in [-0.2, 0) is 4.79 Å². The largest absolute Gasteiger partial charge is 0.303 e. The van der Waals surface area contributed by atoms with E-state index in [9.17, 15) is 4.79 Å². The first-order chi connectivity index (χ1) is 7.17. The smallest absolute Gasteiger partial charge is 0.120 e. The maximum Gasteiger partial charge on any atom is 0.120 e. The standard InChI is InChI=1S/C14H18O/c1-11(12-6-4-3-5-7-12)13-10-14(13,2)8-9-15/h3-7,9,11,13H,8,10H2,1-2H3/t11?,13-,14+/m0/s1. The van der Waals surface area contributed by atoms with Crippen molar-refractivity contribution >= 4 is 6.29 Å². The fourth-order valence-electron chi connectivity index (χ4n) is 2.64. The van der Waals surface area contributed by atoms with Gasteiger partial charge in [0.15, 0.2) is 0 Å². The average Bonchev–Trinajstić information content (AvgIpc) is 2.91. The summed E-state index contributed by atoms with van der Waals surface area (Å²) in [5.41, 5.74) is 1.67. The Hall–Kier alpha value is -1.11. The topological polar surface area (TPSA) is 17.1 Å².